The molecule has 0 fully saturated rings. The van der Waals surface area contributed by atoms with Crippen molar-refractivity contribution in [3.05, 3.63) is 48.3 Å². The quantitative estimate of drug-likeness (QED) is 0.799. The minimum absolute atomic E-state index is 0.274. The average Bonchev–Trinajstić information content (AvgIpc) is 2.47. The molecule has 3 N–H and O–H groups in total. The van der Waals surface area contributed by atoms with Crippen LogP contribution in [0.5, 0.6) is 5.75 Å². The van der Waals surface area contributed by atoms with E-state index in [0.717, 1.165) is 30.2 Å². The maximum atomic E-state index is 5.66. The molecule has 0 aliphatic rings. The number of rotatable bonds is 6. The van der Waals surface area contributed by atoms with Crippen molar-refractivity contribution in [2.75, 3.05) is 11.9 Å². The van der Waals surface area contributed by atoms with Gasteiger partial charge in [-0.25, -0.2) is 0 Å². The highest BCUT2D eigenvalue weighted by Gasteiger charge is 2.06. The fraction of sp³-hybridized carbons (Fsp3) is 0.200. The van der Waals surface area contributed by atoms with E-state index in [9.17, 15) is 0 Å². The van der Waals surface area contributed by atoms with E-state index in [1.54, 1.807) is 6.20 Å². The molecule has 0 radical (unpaired) electrons. The molecule has 0 unspecified atom stereocenters. The Morgan fingerprint density at radius 3 is 2.70 bits per heavy atom. The maximum absolute atomic E-state index is 5.66. The van der Waals surface area contributed by atoms with Crippen molar-refractivity contribution < 1.29 is 4.74 Å². The van der Waals surface area contributed by atoms with Gasteiger partial charge in [-0.15, -0.1) is 0 Å². The summed E-state index contributed by atoms with van der Waals surface area (Å²) in [5, 5.41) is 3.25. The molecule has 2 aromatic rings. The fourth-order valence-electron chi connectivity index (χ4n) is 1.71. The molecule has 0 amide bonds. The van der Waals surface area contributed by atoms with Crippen LogP contribution in [0, 0.1) is 0 Å². The van der Waals surface area contributed by atoms with Crippen LogP contribution in [0.4, 0.5) is 11.4 Å². The number of ether oxygens (including phenoxy) is 1. The molecule has 0 saturated carbocycles. The van der Waals surface area contributed by atoms with Crippen LogP contribution in [-0.4, -0.2) is 16.6 Å². The van der Waals surface area contributed by atoms with Crippen LogP contribution in [0.3, 0.4) is 0 Å². The zero-order chi connectivity index (χ0) is 14.4. The lowest BCUT2D eigenvalue weighted by atomic mass is 10.2. The van der Waals surface area contributed by atoms with Crippen LogP contribution in [-0.2, 0) is 0 Å². The summed E-state index contributed by atoms with van der Waals surface area (Å²) in [5.74, 6) is 0.859. The molecule has 20 heavy (non-hydrogen) atoms. The number of nitrogens with one attached hydrogen (secondary N) is 1. The Morgan fingerprint density at radius 1 is 1.30 bits per heavy atom. The molecule has 0 aliphatic heterocycles. The highest BCUT2D eigenvalue weighted by atomic mass is 32.1. The van der Waals surface area contributed by atoms with Gasteiger partial charge in [-0.1, -0.05) is 19.1 Å². The number of benzene rings is 1. The number of nitrogens with zero attached hydrogens (tertiary/aromatic N) is 1. The standard InChI is InChI=1S/C15H17N3OS/c1-2-10-19-12-7-5-11(6-8-12)18-13-4-3-9-17-14(13)15(16)20/h3-9,18H,2,10H2,1H3,(H2,16,20). The predicted octanol–water partition coefficient (Wildman–Crippen LogP) is 3.25. The molecule has 104 valence electrons. The molecule has 2 rings (SSSR count). The molecule has 4 nitrogen and oxygen atoms in total. The van der Waals surface area contributed by atoms with Gasteiger partial charge in [-0.05, 0) is 42.8 Å². The summed E-state index contributed by atoms with van der Waals surface area (Å²) in [7, 11) is 0. The maximum Gasteiger partial charge on any atom is 0.124 e. The number of pyridine rings is 1. The van der Waals surface area contributed by atoms with Gasteiger partial charge < -0.3 is 15.8 Å². The average molecular weight is 287 g/mol. The number of anilines is 2. The second-order valence-electron chi connectivity index (χ2n) is 4.26. The minimum Gasteiger partial charge on any atom is -0.494 e. The summed E-state index contributed by atoms with van der Waals surface area (Å²) in [5.41, 5.74) is 7.97. The van der Waals surface area contributed by atoms with Crippen LogP contribution in [0.1, 0.15) is 19.0 Å². The molecule has 0 bridgehead atoms. The molecule has 0 aliphatic carbocycles. The third kappa shape index (κ3) is 3.68. The van der Waals surface area contributed by atoms with Crippen molar-refractivity contribution in [3.8, 4) is 5.75 Å². The zero-order valence-electron chi connectivity index (χ0n) is 11.3. The van der Waals surface area contributed by atoms with E-state index in [4.69, 9.17) is 22.7 Å². The Kier molecular flexibility index (Phi) is 4.90. The Morgan fingerprint density at radius 2 is 2.05 bits per heavy atom. The largest absolute Gasteiger partial charge is 0.494 e. The summed E-state index contributed by atoms with van der Waals surface area (Å²) in [6.45, 7) is 2.80. The topological polar surface area (TPSA) is 60.2 Å². The van der Waals surface area contributed by atoms with Gasteiger partial charge in [-0.2, -0.15) is 0 Å². The van der Waals surface area contributed by atoms with Crippen molar-refractivity contribution in [2.24, 2.45) is 5.73 Å². The van der Waals surface area contributed by atoms with Gasteiger partial charge >= 0.3 is 0 Å². The van der Waals surface area contributed by atoms with Gasteiger partial charge in [0.05, 0.1) is 12.3 Å². The lowest BCUT2D eigenvalue weighted by Crippen LogP contribution is -2.13. The first-order chi connectivity index (χ1) is 9.70. The summed E-state index contributed by atoms with van der Waals surface area (Å²) >= 11 is 4.99. The number of aromatic nitrogens is 1. The molecule has 1 aromatic carbocycles. The summed E-state index contributed by atoms with van der Waals surface area (Å²) < 4.78 is 5.54. The SMILES string of the molecule is CCCOc1ccc(Nc2cccnc2C(N)=S)cc1. The summed E-state index contributed by atoms with van der Waals surface area (Å²) in [4.78, 5) is 4.45. The van der Waals surface area contributed by atoms with E-state index in [1.165, 1.54) is 0 Å². The first-order valence-electron chi connectivity index (χ1n) is 6.45. The van der Waals surface area contributed by atoms with E-state index in [1.807, 2.05) is 36.4 Å². The van der Waals surface area contributed by atoms with Gasteiger partial charge in [0.1, 0.15) is 16.4 Å². The first kappa shape index (κ1) is 14.3. The van der Waals surface area contributed by atoms with Crippen LogP contribution in [0.2, 0.25) is 0 Å². The minimum atomic E-state index is 0.274. The molecule has 0 atom stereocenters. The molecular weight excluding hydrogens is 270 g/mol. The van der Waals surface area contributed by atoms with E-state index < -0.39 is 0 Å². The molecule has 5 heteroatoms. The van der Waals surface area contributed by atoms with Crippen LogP contribution < -0.4 is 15.8 Å². The Bertz CT molecular complexity index is 584. The summed E-state index contributed by atoms with van der Waals surface area (Å²) in [6, 6.07) is 11.5. The van der Waals surface area contributed by atoms with Crippen molar-refractivity contribution >= 4 is 28.6 Å². The van der Waals surface area contributed by atoms with Gasteiger partial charge in [-0.3, -0.25) is 4.98 Å². The Balaban J connectivity index is 2.12. The molecule has 0 saturated heterocycles. The monoisotopic (exact) mass is 287 g/mol. The number of hydrogen-bond donors (Lipinski definition) is 2. The molecule has 1 heterocycles. The van der Waals surface area contributed by atoms with Gasteiger partial charge in [0, 0.05) is 11.9 Å². The number of hydrogen-bond acceptors (Lipinski definition) is 4. The Hall–Kier alpha value is -2.14. The van der Waals surface area contributed by atoms with Crippen molar-refractivity contribution in [1.29, 1.82) is 0 Å². The van der Waals surface area contributed by atoms with Gasteiger partial charge in [0.2, 0.25) is 0 Å². The molecule has 0 spiro atoms. The lowest BCUT2D eigenvalue weighted by molar-refractivity contribution is 0.317. The number of nitrogens with two attached hydrogens (primary N) is 1. The zero-order valence-corrected chi connectivity index (χ0v) is 12.1. The number of thiocarbonyl (C=S) groups is 1. The van der Waals surface area contributed by atoms with E-state index in [2.05, 4.69) is 17.2 Å². The summed E-state index contributed by atoms with van der Waals surface area (Å²) in [6.07, 6.45) is 2.66. The van der Waals surface area contributed by atoms with Crippen molar-refractivity contribution in [3.63, 3.8) is 0 Å². The highest BCUT2D eigenvalue weighted by Crippen LogP contribution is 2.21. The van der Waals surface area contributed by atoms with Gasteiger partial charge in [0.25, 0.3) is 0 Å². The molecular formula is C15H17N3OS. The van der Waals surface area contributed by atoms with E-state index in [0.29, 0.717) is 5.69 Å². The van der Waals surface area contributed by atoms with Crippen LogP contribution in [0.25, 0.3) is 0 Å². The highest BCUT2D eigenvalue weighted by molar-refractivity contribution is 7.80. The fourth-order valence-corrected chi connectivity index (χ4v) is 1.88. The van der Waals surface area contributed by atoms with Crippen LogP contribution >= 0.6 is 12.2 Å². The smallest absolute Gasteiger partial charge is 0.124 e. The van der Waals surface area contributed by atoms with Crippen molar-refractivity contribution in [2.45, 2.75) is 13.3 Å². The van der Waals surface area contributed by atoms with Gasteiger partial charge in [0.15, 0.2) is 0 Å². The third-order valence-electron chi connectivity index (χ3n) is 2.65. The third-order valence-corrected chi connectivity index (χ3v) is 2.84. The predicted molar refractivity (Wildman–Crippen MR) is 85.6 cm³/mol. The normalized spacial score (nSPS) is 10.1. The first-order valence-corrected chi connectivity index (χ1v) is 6.86. The second-order valence-corrected chi connectivity index (χ2v) is 4.70. The lowest BCUT2D eigenvalue weighted by Gasteiger charge is -2.11. The second kappa shape index (κ2) is 6.86. The van der Waals surface area contributed by atoms with E-state index in [-0.39, 0.29) is 4.99 Å². The molecule has 1 aromatic heterocycles. The van der Waals surface area contributed by atoms with Crippen LogP contribution in [0.15, 0.2) is 42.6 Å². The van der Waals surface area contributed by atoms with E-state index >= 15 is 0 Å². The Labute approximate surface area is 124 Å². The van der Waals surface area contributed by atoms with Crippen molar-refractivity contribution in [1.82, 2.24) is 4.98 Å².